The van der Waals surface area contributed by atoms with E-state index in [2.05, 4.69) is 52.7 Å². The van der Waals surface area contributed by atoms with Gasteiger partial charge in [-0.25, -0.2) is 4.79 Å². The van der Waals surface area contributed by atoms with Crippen molar-refractivity contribution in [1.82, 2.24) is 4.90 Å². The van der Waals surface area contributed by atoms with E-state index in [-0.39, 0.29) is 17.8 Å². The molecule has 1 aliphatic heterocycles. The Morgan fingerprint density at radius 1 is 0.968 bits per heavy atom. The topological polar surface area (TPSA) is 58.6 Å². The zero-order valence-electron chi connectivity index (χ0n) is 17.8. The van der Waals surface area contributed by atoms with Crippen LogP contribution < -0.4 is 5.32 Å². The summed E-state index contributed by atoms with van der Waals surface area (Å²) in [5.41, 5.74) is 2.53. The molecule has 0 radical (unpaired) electrons. The smallest absolute Gasteiger partial charge is 0.338 e. The first kappa shape index (κ1) is 21.1. The molecular formula is C26H28N2O3. The monoisotopic (exact) mass is 416 g/mol. The Morgan fingerprint density at radius 3 is 2.42 bits per heavy atom. The van der Waals surface area contributed by atoms with Gasteiger partial charge in [0.1, 0.15) is 0 Å². The summed E-state index contributed by atoms with van der Waals surface area (Å²) >= 11 is 0. The Hall–Kier alpha value is -3.18. The number of nitrogens with zero attached hydrogens (tertiary/aromatic N) is 1. The first-order valence-electron chi connectivity index (χ1n) is 10.9. The molecule has 0 aliphatic carbocycles. The molecule has 1 amide bonds. The minimum absolute atomic E-state index is 0.00787. The van der Waals surface area contributed by atoms with Crippen molar-refractivity contribution in [3.05, 3.63) is 77.9 Å². The highest BCUT2D eigenvalue weighted by molar-refractivity contribution is 5.94. The van der Waals surface area contributed by atoms with Crippen molar-refractivity contribution in [3.8, 4) is 0 Å². The zero-order valence-corrected chi connectivity index (χ0v) is 17.8. The minimum atomic E-state index is -0.348. The number of amides is 1. The van der Waals surface area contributed by atoms with E-state index in [9.17, 15) is 9.59 Å². The molecule has 0 saturated carbocycles. The van der Waals surface area contributed by atoms with Crippen LogP contribution >= 0.6 is 0 Å². The lowest BCUT2D eigenvalue weighted by Gasteiger charge is -2.31. The van der Waals surface area contributed by atoms with Gasteiger partial charge in [0, 0.05) is 18.2 Å². The fraction of sp³-hybridized carbons (Fsp3) is 0.308. The summed E-state index contributed by atoms with van der Waals surface area (Å²) in [6.07, 6.45) is 1.69. The molecule has 1 aliphatic rings. The molecule has 31 heavy (non-hydrogen) atoms. The molecule has 5 nitrogen and oxygen atoms in total. The second-order valence-electron chi connectivity index (χ2n) is 7.98. The number of rotatable bonds is 6. The van der Waals surface area contributed by atoms with Crippen molar-refractivity contribution in [1.29, 1.82) is 0 Å². The minimum Gasteiger partial charge on any atom is -0.462 e. The molecule has 1 heterocycles. The van der Waals surface area contributed by atoms with Crippen LogP contribution in [0.2, 0.25) is 0 Å². The fourth-order valence-electron chi connectivity index (χ4n) is 4.17. The van der Waals surface area contributed by atoms with Gasteiger partial charge in [0.25, 0.3) is 0 Å². The molecular weight excluding hydrogens is 388 g/mol. The Bertz CT molecular complexity index is 1050. The molecule has 1 N–H and O–H groups in total. The van der Waals surface area contributed by atoms with E-state index < -0.39 is 0 Å². The molecule has 0 aromatic heterocycles. The highest BCUT2D eigenvalue weighted by Crippen LogP contribution is 2.24. The van der Waals surface area contributed by atoms with Crippen molar-refractivity contribution in [3.63, 3.8) is 0 Å². The molecule has 5 heteroatoms. The van der Waals surface area contributed by atoms with Crippen LogP contribution in [0.5, 0.6) is 0 Å². The number of ether oxygens (including phenoxy) is 1. The summed E-state index contributed by atoms with van der Waals surface area (Å²) in [5, 5.41) is 5.56. The summed E-state index contributed by atoms with van der Waals surface area (Å²) in [6, 6.07) is 21.8. The van der Waals surface area contributed by atoms with Crippen LogP contribution in [-0.4, -0.2) is 36.5 Å². The highest BCUT2D eigenvalue weighted by atomic mass is 16.5. The van der Waals surface area contributed by atoms with Gasteiger partial charge in [-0.05, 0) is 73.5 Å². The molecule has 1 fully saturated rings. The Labute approximate surface area is 183 Å². The van der Waals surface area contributed by atoms with E-state index in [1.807, 2.05) is 0 Å². The van der Waals surface area contributed by atoms with Crippen LogP contribution in [0, 0.1) is 5.92 Å². The van der Waals surface area contributed by atoms with E-state index in [0.29, 0.717) is 17.9 Å². The normalized spacial score (nSPS) is 15.0. The van der Waals surface area contributed by atoms with Gasteiger partial charge in [0.2, 0.25) is 5.91 Å². The summed E-state index contributed by atoms with van der Waals surface area (Å²) in [4.78, 5) is 26.9. The first-order valence-corrected chi connectivity index (χ1v) is 10.9. The number of benzene rings is 3. The largest absolute Gasteiger partial charge is 0.462 e. The van der Waals surface area contributed by atoms with Crippen LogP contribution in [0.1, 0.15) is 35.7 Å². The summed E-state index contributed by atoms with van der Waals surface area (Å²) in [6.45, 7) is 4.84. The van der Waals surface area contributed by atoms with E-state index in [0.717, 1.165) is 32.5 Å². The molecule has 0 bridgehead atoms. The summed E-state index contributed by atoms with van der Waals surface area (Å²) in [5.74, 6) is -0.291. The van der Waals surface area contributed by atoms with Crippen molar-refractivity contribution < 1.29 is 14.3 Å². The molecule has 160 valence electrons. The maximum Gasteiger partial charge on any atom is 0.338 e. The van der Waals surface area contributed by atoms with Crippen LogP contribution in [0.4, 0.5) is 5.69 Å². The predicted octanol–water partition coefficient (Wildman–Crippen LogP) is 4.87. The molecule has 0 spiro atoms. The maximum absolute atomic E-state index is 12.7. The van der Waals surface area contributed by atoms with Gasteiger partial charge >= 0.3 is 5.97 Å². The van der Waals surface area contributed by atoms with Gasteiger partial charge < -0.3 is 10.1 Å². The number of piperidine rings is 1. The van der Waals surface area contributed by atoms with Crippen LogP contribution in [-0.2, 0) is 16.1 Å². The second kappa shape index (κ2) is 9.75. The SMILES string of the molecule is CCOC(=O)c1ccc(NC(=O)C2CCN(Cc3cccc4ccccc34)CC2)cc1. The Kier molecular flexibility index (Phi) is 6.63. The first-order chi connectivity index (χ1) is 15.1. The maximum atomic E-state index is 12.7. The quantitative estimate of drug-likeness (QED) is 0.583. The van der Waals surface area contributed by atoms with Gasteiger partial charge in [0.05, 0.1) is 12.2 Å². The standard InChI is InChI=1S/C26H28N2O3/c1-2-31-26(30)21-10-12-23(13-11-21)27-25(29)20-14-16-28(17-15-20)18-22-8-5-7-19-6-3-4-9-24(19)22/h3-13,20H,2,14-18H2,1H3,(H,27,29). The number of hydrogen-bond acceptors (Lipinski definition) is 4. The van der Waals surface area contributed by atoms with Crippen LogP contribution in [0.3, 0.4) is 0 Å². The lowest BCUT2D eigenvalue weighted by molar-refractivity contribution is -0.121. The fourth-order valence-corrected chi connectivity index (χ4v) is 4.17. The van der Waals surface area contributed by atoms with Gasteiger partial charge in [-0.15, -0.1) is 0 Å². The van der Waals surface area contributed by atoms with Gasteiger partial charge in [-0.2, -0.15) is 0 Å². The number of anilines is 1. The summed E-state index contributed by atoms with van der Waals surface area (Å²) in [7, 11) is 0. The van der Waals surface area contributed by atoms with E-state index >= 15 is 0 Å². The zero-order chi connectivity index (χ0) is 21.6. The lowest BCUT2D eigenvalue weighted by Crippen LogP contribution is -2.37. The van der Waals surface area contributed by atoms with Gasteiger partial charge in [-0.1, -0.05) is 42.5 Å². The number of esters is 1. The van der Waals surface area contributed by atoms with Crippen molar-refractivity contribution in [2.45, 2.75) is 26.3 Å². The molecule has 1 saturated heterocycles. The lowest BCUT2D eigenvalue weighted by atomic mass is 9.95. The van der Waals surface area contributed by atoms with E-state index in [1.165, 1.54) is 16.3 Å². The number of likely N-dealkylation sites (tertiary alicyclic amines) is 1. The average Bonchev–Trinajstić information content (AvgIpc) is 2.80. The Morgan fingerprint density at radius 2 is 1.68 bits per heavy atom. The number of carbonyl (C=O) groups excluding carboxylic acids is 2. The Balaban J connectivity index is 1.30. The van der Waals surface area contributed by atoms with Crippen molar-refractivity contribution in [2.75, 3.05) is 25.0 Å². The van der Waals surface area contributed by atoms with E-state index in [1.54, 1.807) is 31.2 Å². The number of carbonyl (C=O) groups is 2. The number of hydrogen-bond donors (Lipinski definition) is 1. The molecule has 0 atom stereocenters. The van der Waals surface area contributed by atoms with Gasteiger partial charge in [0.15, 0.2) is 0 Å². The van der Waals surface area contributed by atoms with Crippen LogP contribution in [0.25, 0.3) is 10.8 Å². The third kappa shape index (κ3) is 5.12. The molecule has 4 rings (SSSR count). The van der Waals surface area contributed by atoms with Crippen molar-refractivity contribution >= 4 is 28.3 Å². The predicted molar refractivity (Wildman–Crippen MR) is 123 cm³/mol. The second-order valence-corrected chi connectivity index (χ2v) is 7.98. The molecule has 3 aromatic rings. The number of nitrogens with one attached hydrogen (secondary N) is 1. The number of fused-ring (bicyclic) bond motifs is 1. The highest BCUT2D eigenvalue weighted by Gasteiger charge is 2.25. The van der Waals surface area contributed by atoms with Crippen LogP contribution in [0.15, 0.2) is 66.7 Å². The third-order valence-electron chi connectivity index (χ3n) is 5.90. The summed E-state index contributed by atoms with van der Waals surface area (Å²) < 4.78 is 4.99. The average molecular weight is 417 g/mol. The van der Waals surface area contributed by atoms with Gasteiger partial charge in [-0.3, -0.25) is 9.69 Å². The van der Waals surface area contributed by atoms with Crippen molar-refractivity contribution in [2.24, 2.45) is 5.92 Å². The molecule has 3 aromatic carbocycles. The molecule has 0 unspecified atom stereocenters. The van der Waals surface area contributed by atoms with E-state index in [4.69, 9.17) is 4.74 Å². The third-order valence-corrected chi connectivity index (χ3v) is 5.90.